The lowest BCUT2D eigenvalue weighted by atomic mass is 10.2. The molecule has 0 saturated carbocycles. The molecule has 0 bridgehead atoms. The number of halogens is 1. The largest absolute Gasteiger partial charge is 0.493 e. The average Bonchev–Trinajstić information content (AvgIpc) is 3.13. The predicted molar refractivity (Wildman–Crippen MR) is 109 cm³/mol. The van der Waals surface area contributed by atoms with Gasteiger partial charge in [0.1, 0.15) is 0 Å². The summed E-state index contributed by atoms with van der Waals surface area (Å²) in [6.45, 7) is 3.84. The summed E-state index contributed by atoms with van der Waals surface area (Å²) >= 11 is 7.73. The molecule has 2 aromatic carbocycles. The molecule has 138 valence electrons. The normalized spacial score (nSPS) is 12.4. The Balaban J connectivity index is 1.87. The molecule has 4 aromatic rings. The number of hydrogen-bond donors (Lipinski definition) is 0. The highest BCUT2D eigenvalue weighted by Gasteiger charge is 2.14. The second kappa shape index (κ2) is 6.87. The van der Waals surface area contributed by atoms with Crippen molar-refractivity contribution in [2.24, 2.45) is 0 Å². The molecule has 0 aliphatic carbocycles. The van der Waals surface area contributed by atoms with Crippen molar-refractivity contribution >= 4 is 45.0 Å². The Hall–Kier alpha value is -2.57. The predicted octanol–water partition coefficient (Wildman–Crippen LogP) is 3.91. The van der Waals surface area contributed by atoms with E-state index in [1.807, 2.05) is 44.2 Å². The zero-order valence-electron chi connectivity index (χ0n) is 15.0. The quantitative estimate of drug-likeness (QED) is 0.521. The van der Waals surface area contributed by atoms with Gasteiger partial charge >= 0.3 is 0 Å². The van der Waals surface area contributed by atoms with E-state index in [2.05, 4.69) is 4.98 Å². The van der Waals surface area contributed by atoms with Crippen molar-refractivity contribution in [1.82, 2.24) is 9.38 Å². The van der Waals surface area contributed by atoms with Gasteiger partial charge in [-0.15, -0.1) is 0 Å². The molecule has 0 radical (unpaired) electrons. The average molecular weight is 401 g/mol. The summed E-state index contributed by atoms with van der Waals surface area (Å²) in [7, 11) is 1.56. The van der Waals surface area contributed by atoms with E-state index in [-0.39, 0.29) is 11.7 Å². The van der Waals surface area contributed by atoms with Crippen LogP contribution in [0.2, 0.25) is 5.02 Å². The number of ether oxygens (including phenoxy) is 2. The minimum Gasteiger partial charge on any atom is -0.493 e. The first kappa shape index (κ1) is 17.8. The van der Waals surface area contributed by atoms with Crippen LogP contribution >= 0.6 is 22.9 Å². The third-order valence-electron chi connectivity index (χ3n) is 4.05. The molecule has 0 aliphatic rings. The minimum atomic E-state index is -0.0960. The van der Waals surface area contributed by atoms with Gasteiger partial charge in [-0.1, -0.05) is 35.1 Å². The van der Waals surface area contributed by atoms with Crippen molar-refractivity contribution in [1.29, 1.82) is 0 Å². The Morgan fingerprint density at radius 2 is 2.04 bits per heavy atom. The molecule has 0 spiro atoms. The fourth-order valence-electron chi connectivity index (χ4n) is 2.94. The van der Waals surface area contributed by atoms with Gasteiger partial charge in [-0.3, -0.25) is 4.79 Å². The van der Waals surface area contributed by atoms with Crippen LogP contribution in [0, 0.1) is 0 Å². The number of rotatable bonds is 4. The van der Waals surface area contributed by atoms with Gasteiger partial charge in [0.2, 0.25) is 0 Å². The smallest absolute Gasteiger partial charge is 0.274 e. The second-order valence-corrected chi connectivity index (χ2v) is 7.75. The molecule has 0 N–H and O–H groups in total. The number of hydrogen-bond acceptors (Lipinski definition) is 5. The van der Waals surface area contributed by atoms with Crippen molar-refractivity contribution in [3.8, 4) is 11.5 Å². The van der Waals surface area contributed by atoms with E-state index < -0.39 is 0 Å². The zero-order chi connectivity index (χ0) is 19.1. The summed E-state index contributed by atoms with van der Waals surface area (Å²) in [6, 6.07) is 11.2. The number of para-hydroxylation sites is 2. The number of benzene rings is 2. The highest BCUT2D eigenvalue weighted by Crippen LogP contribution is 2.37. The summed E-state index contributed by atoms with van der Waals surface area (Å²) < 4.78 is 13.4. The lowest BCUT2D eigenvalue weighted by molar-refractivity contribution is 0.230. The Morgan fingerprint density at radius 1 is 1.26 bits per heavy atom. The highest BCUT2D eigenvalue weighted by molar-refractivity contribution is 7.15. The van der Waals surface area contributed by atoms with Crippen molar-refractivity contribution < 1.29 is 9.47 Å². The first-order valence-electron chi connectivity index (χ1n) is 8.44. The summed E-state index contributed by atoms with van der Waals surface area (Å²) in [5.74, 6) is 1.03. The van der Waals surface area contributed by atoms with Gasteiger partial charge in [0.25, 0.3) is 5.56 Å². The third kappa shape index (κ3) is 3.15. The van der Waals surface area contributed by atoms with E-state index >= 15 is 0 Å². The van der Waals surface area contributed by atoms with Crippen LogP contribution in [0.25, 0.3) is 22.1 Å². The molecular formula is C20H17ClN2O3S. The lowest BCUT2D eigenvalue weighted by Crippen LogP contribution is -2.22. The molecule has 4 rings (SSSR count). The van der Waals surface area contributed by atoms with Gasteiger partial charge in [-0.05, 0) is 49.8 Å². The van der Waals surface area contributed by atoms with Gasteiger partial charge < -0.3 is 9.47 Å². The number of nitrogens with zero attached hydrogens (tertiary/aromatic N) is 2. The highest BCUT2D eigenvalue weighted by atomic mass is 35.5. The maximum atomic E-state index is 12.9. The topological polar surface area (TPSA) is 52.8 Å². The van der Waals surface area contributed by atoms with E-state index in [4.69, 9.17) is 21.1 Å². The fraction of sp³-hybridized carbons (Fsp3) is 0.200. The number of imidazole rings is 1. The molecule has 2 heterocycles. The van der Waals surface area contributed by atoms with Crippen LogP contribution in [0.5, 0.6) is 11.5 Å². The summed E-state index contributed by atoms with van der Waals surface area (Å²) in [4.78, 5) is 18.1. The van der Waals surface area contributed by atoms with E-state index in [1.54, 1.807) is 23.7 Å². The van der Waals surface area contributed by atoms with Crippen LogP contribution in [-0.2, 0) is 0 Å². The van der Waals surface area contributed by atoms with E-state index in [1.165, 1.54) is 11.3 Å². The first-order chi connectivity index (χ1) is 13.0. The van der Waals surface area contributed by atoms with Crippen LogP contribution < -0.4 is 19.6 Å². The van der Waals surface area contributed by atoms with E-state index in [9.17, 15) is 4.79 Å². The third-order valence-corrected chi connectivity index (χ3v) is 5.30. The Labute approximate surface area is 164 Å². The van der Waals surface area contributed by atoms with Crippen LogP contribution in [0.3, 0.4) is 0 Å². The molecule has 0 aliphatic heterocycles. The molecule has 0 fully saturated rings. The lowest BCUT2D eigenvalue weighted by Gasteiger charge is -2.15. The summed E-state index contributed by atoms with van der Waals surface area (Å²) in [6.07, 6.45) is 1.77. The molecule has 0 amide bonds. The SMILES string of the molecule is COc1cc(/C=c2\sc3nc4ccccc4n3c2=O)cc(Cl)c1OC(C)C. The molecule has 0 saturated heterocycles. The van der Waals surface area contributed by atoms with Crippen molar-refractivity contribution in [2.45, 2.75) is 20.0 Å². The summed E-state index contributed by atoms with van der Waals surface area (Å²) in [5.41, 5.74) is 2.29. The molecule has 2 aromatic heterocycles. The van der Waals surface area contributed by atoms with Crippen LogP contribution in [-0.4, -0.2) is 22.6 Å². The van der Waals surface area contributed by atoms with Gasteiger partial charge in [0, 0.05) is 0 Å². The van der Waals surface area contributed by atoms with Crippen LogP contribution in [0.4, 0.5) is 0 Å². The Morgan fingerprint density at radius 3 is 2.78 bits per heavy atom. The van der Waals surface area contributed by atoms with Gasteiger partial charge in [-0.2, -0.15) is 0 Å². The molecule has 5 nitrogen and oxygen atoms in total. The maximum absolute atomic E-state index is 12.9. The standard InChI is InChI=1S/C20H17ClN2O3S/c1-11(2)26-18-13(21)8-12(9-16(18)25-3)10-17-19(24)23-15-7-5-4-6-14(15)22-20(23)27-17/h4-11H,1-3H3/b17-10-. The van der Waals surface area contributed by atoms with Crippen molar-refractivity contribution in [2.75, 3.05) is 7.11 Å². The van der Waals surface area contributed by atoms with E-state index in [0.717, 1.165) is 16.6 Å². The van der Waals surface area contributed by atoms with Crippen molar-refractivity contribution in [3.63, 3.8) is 0 Å². The summed E-state index contributed by atoms with van der Waals surface area (Å²) in [5, 5.41) is 0.438. The number of aromatic nitrogens is 2. The molecule has 0 atom stereocenters. The molecule has 7 heteroatoms. The second-order valence-electron chi connectivity index (χ2n) is 6.34. The maximum Gasteiger partial charge on any atom is 0.274 e. The fourth-order valence-corrected chi connectivity index (χ4v) is 4.19. The van der Waals surface area contributed by atoms with Gasteiger partial charge in [-0.25, -0.2) is 9.38 Å². The molecule has 0 unspecified atom stereocenters. The molecule has 27 heavy (non-hydrogen) atoms. The van der Waals surface area contributed by atoms with Gasteiger partial charge in [0.05, 0.1) is 33.8 Å². The zero-order valence-corrected chi connectivity index (χ0v) is 16.6. The van der Waals surface area contributed by atoms with Gasteiger partial charge in [0.15, 0.2) is 16.5 Å². The van der Waals surface area contributed by atoms with Crippen LogP contribution in [0.15, 0.2) is 41.2 Å². The van der Waals surface area contributed by atoms with Crippen LogP contribution in [0.1, 0.15) is 19.4 Å². The Bertz CT molecular complexity index is 1260. The molecular weight excluding hydrogens is 384 g/mol. The Kier molecular flexibility index (Phi) is 4.53. The monoisotopic (exact) mass is 400 g/mol. The number of thiazole rings is 1. The minimum absolute atomic E-state index is 0.0298. The number of fused-ring (bicyclic) bond motifs is 3. The number of methoxy groups -OCH3 is 1. The van der Waals surface area contributed by atoms with Crippen molar-refractivity contribution in [3.05, 3.63) is 61.9 Å². The van der Waals surface area contributed by atoms with E-state index in [0.29, 0.717) is 26.0 Å². The first-order valence-corrected chi connectivity index (χ1v) is 9.63.